The standard InChI is InChI=1S/C11H13NOSi/c1-14(2,3)8-6-11(13)10-5-4-7-12-9-10/h4-5,7,9H,1-3H3. The molecule has 0 amide bonds. The molecule has 1 heterocycles. The number of ketones is 1. The lowest BCUT2D eigenvalue weighted by atomic mass is 10.2. The summed E-state index contributed by atoms with van der Waals surface area (Å²) < 4.78 is 0. The molecule has 3 heteroatoms. The summed E-state index contributed by atoms with van der Waals surface area (Å²) in [5, 5.41) is 0. The molecule has 0 aliphatic heterocycles. The van der Waals surface area contributed by atoms with Crippen molar-refractivity contribution in [3.63, 3.8) is 0 Å². The Morgan fingerprint density at radius 3 is 2.64 bits per heavy atom. The fraction of sp³-hybridized carbons (Fsp3) is 0.273. The molecule has 0 fully saturated rings. The van der Waals surface area contributed by atoms with Crippen LogP contribution < -0.4 is 0 Å². The van der Waals surface area contributed by atoms with E-state index in [2.05, 4.69) is 36.1 Å². The van der Waals surface area contributed by atoms with Gasteiger partial charge in [0.1, 0.15) is 8.07 Å². The summed E-state index contributed by atoms with van der Waals surface area (Å²) in [6.45, 7) is 6.32. The Morgan fingerprint density at radius 2 is 2.14 bits per heavy atom. The van der Waals surface area contributed by atoms with E-state index in [0.29, 0.717) is 5.56 Å². The third-order valence-electron chi connectivity index (χ3n) is 1.47. The fourth-order valence-electron chi connectivity index (χ4n) is 0.814. The van der Waals surface area contributed by atoms with Crippen molar-refractivity contribution < 1.29 is 4.79 Å². The van der Waals surface area contributed by atoms with Gasteiger partial charge in [-0.05, 0) is 18.1 Å². The highest BCUT2D eigenvalue weighted by molar-refractivity contribution is 6.84. The number of hydrogen-bond acceptors (Lipinski definition) is 2. The van der Waals surface area contributed by atoms with Crippen LogP contribution in [-0.2, 0) is 0 Å². The van der Waals surface area contributed by atoms with Crippen LogP contribution in [0.15, 0.2) is 24.5 Å². The number of carbonyl (C=O) groups excluding carboxylic acids is 1. The van der Waals surface area contributed by atoms with E-state index < -0.39 is 8.07 Å². The summed E-state index contributed by atoms with van der Waals surface area (Å²) >= 11 is 0. The van der Waals surface area contributed by atoms with E-state index in [1.165, 1.54) is 0 Å². The molecule has 1 aromatic heterocycles. The smallest absolute Gasteiger partial charge is 0.236 e. The van der Waals surface area contributed by atoms with Crippen molar-refractivity contribution in [2.75, 3.05) is 0 Å². The molecule has 0 atom stereocenters. The molecule has 0 unspecified atom stereocenters. The van der Waals surface area contributed by atoms with Crippen molar-refractivity contribution in [2.45, 2.75) is 19.6 Å². The lowest BCUT2D eigenvalue weighted by Crippen LogP contribution is -2.17. The monoisotopic (exact) mass is 203 g/mol. The molecule has 1 aromatic rings. The predicted octanol–water partition coefficient (Wildman–Crippen LogP) is 2.15. The number of pyridine rings is 1. The number of aromatic nitrogens is 1. The number of Topliss-reactive ketones (excluding diaryl/α,β-unsaturated/α-hetero) is 1. The number of rotatable bonds is 1. The minimum atomic E-state index is -1.46. The summed E-state index contributed by atoms with van der Waals surface area (Å²) in [6, 6.07) is 3.47. The maximum Gasteiger partial charge on any atom is 0.236 e. The van der Waals surface area contributed by atoms with E-state index in [1.54, 1.807) is 24.5 Å². The second kappa shape index (κ2) is 4.21. The van der Waals surface area contributed by atoms with E-state index in [-0.39, 0.29) is 5.78 Å². The van der Waals surface area contributed by atoms with Gasteiger partial charge in [-0.25, -0.2) is 0 Å². The van der Waals surface area contributed by atoms with Crippen LogP contribution in [0.4, 0.5) is 0 Å². The first-order valence-corrected chi connectivity index (χ1v) is 7.96. The van der Waals surface area contributed by atoms with Crippen LogP contribution in [0.3, 0.4) is 0 Å². The number of nitrogens with zero attached hydrogens (tertiary/aromatic N) is 1. The van der Waals surface area contributed by atoms with Crippen molar-refractivity contribution in [2.24, 2.45) is 0 Å². The molecule has 0 saturated carbocycles. The van der Waals surface area contributed by atoms with Gasteiger partial charge in [-0.3, -0.25) is 9.78 Å². The fourth-order valence-corrected chi connectivity index (χ4v) is 1.30. The first-order chi connectivity index (χ1) is 6.49. The molecule has 72 valence electrons. The summed E-state index contributed by atoms with van der Waals surface area (Å²) in [6.07, 6.45) is 3.18. The summed E-state index contributed by atoms with van der Waals surface area (Å²) in [5.41, 5.74) is 3.60. The molecule has 0 radical (unpaired) electrons. The second-order valence-corrected chi connectivity index (χ2v) is 8.82. The molecule has 0 N–H and O–H groups in total. The van der Waals surface area contributed by atoms with E-state index in [4.69, 9.17) is 0 Å². The van der Waals surface area contributed by atoms with Crippen LogP contribution in [0.5, 0.6) is 0 Å². The second-order valence-electron chi connectivity index (χ2n) is 4.07. The van der Waals surface area contributed by atoms with Gasteiger partial charge in [-0.1, -0.05) is 19.6 Å². The van der Waals surface area contributed by atoms with E-state index in [1.807, 2.05) is 0 Å². The molecular formula is C11H13NOSi. The summed E-state index contributed by atoms with van der Waals surface area (Å²) in [5.74, 6) is 2.53. The zero-order chi connectivity index (χ0) is 10.6. The normalized spacial score (nSPS) is 10.2. The Morgan fingerprint density at radius 1 is 1.43 bits per heavy atom. The lowest BCUT2D eigenvalue weighted by molar-refractivity contribution is 0.105. The van der Waals surface area contributed by atoms with Gasteiger partial charge in [-0.15, -0.1) is 5.54 Å². The van der Waals surface area contributed by atoms with Gasteiger partial charge in [0.2, 0.25) is 5.78 Å². The lowest BCUT2D eigenvalue weighted by Gasteiger charge is -2.02. The van der Waals surface area contributed by atoms with Crippen molar-refractivity contribution in [3.05, 3.63) is 30.1 Å². The molecule has 14 heavy (non-hydrogen) atoms. The first kappa shape index (κ1) is 10.7. The topological polar surface area (TPSA) is 30.0 Å². The van der Waals surface area contributed by atoms with E-state index in [0.717, 1.165) is 0 Å². The molecule has 0 aliphatic rings. The highest BCUT2D eigenvalue weighted by Crippen LogP contribution is 1.99. The third-order valence-corrected chi connectivity index (χ3v) is 2.35. The Balaban J connectivity index is 2.82. The summed E-state index contributed by atoms with van der Waals surface area (Å²) in [7, 11) is -1.46. The van der Waals surface area contributed by atoms with Gasteiger partial charge in [0.15, 0.2) is 0 Å². The van der Waals surface area contributed by atoms with Crippen LogP contribution >= 0.6 is 0 Å². The molecule has 1 rings (SSSR count). The molecular weight excluding hydrogens is 190 g/mol. The van der Waals surface area contributed by atoms with Gasteiger partial charge in [0.25, 0.3) is 0 Å². The highest BCUT2D eigenvalue weighted by Gasteiger charge is 2.09. The van der Waals surface area contributed by atoms with Gasteiger partial charge in [0.05, 0.1) is 0 Å². The quantitative estimate of drug-likeness (QED) is 0.397. The Kier molecular flexibility index (Phi) is 3.21. The maximum absolute atomic E-state index is 11.5. The zero-order valence-corrected chi connectivity index (χ0v) is 9.66. The van der Waals surface area contributed by atoms with Gasteiger partial charge in [-0.2, -0.15) is 0 Å². The molecule has 0 saturated heterocycles. The van der Waals surface area contributed by atoms with Crippen molar-refractivity contribution in [1.29, 1.82) is 0 Å². The maximum atomic E-state index is 11.5. The Bertz CT molecular complexity index is 381. The molecule has 0 spiro atoms. The largest absolute Gasteiger partial charge is 0.279 e. The first-order valence-electron chi connectivity index (χ1n) is 4.46. The molecule has 0 aromatic carbocycles. The summed E-state index contributed by atoms with van der Waals surface area (Å²) in [4.78, 5) is 15.4. The average molecular weight is 203 g/mol. The minimum absolute atomic E-state index is 0.138. The van der Waals surface area contributed by atoms with Gasteiger partial charge in [0, 0.05) is 18.0 Å². The Hall–Kier alpha value is -1.40. The van der Waals surface area contributed by atoms with Crippen molar-refractivity contribution in [3.8, 4) is 11.5 Å². The molecule has 0 aliphatic carbocycles. The SMILES string of the molecule is C[Si](C)(C)C#CC(=O)c1cccnc1. The van der Waals surface area contributed by atoms with Crippen LogP contribution in [0, 0.1) is 11.5 Å². The molecule has 0 bridgehead atoms. The average Bonchev–Trinajstić information content (AvgIpc) is 2.14. The van der Waals surface area contributed by atoms with Gasteiger partial charge >= 0.3 is 0 Å². The van der Waals surface area contributed by atoms with E-state index >= 15 is 0 Å². The van der Waals surface area contributed by atoms with Gasteiger partial charge < -0.3 is 0 Å². The van der Waals surface area contributed by atoms with Crippen LogP contribution in [0.2, 0.25) is 19.6 Å². The van der Waals surface area contributed by atoms with Crippen molar-refractivity contribution >= 4 is 13.9 Å². The van der Waals surface area contributed by atoms with Crippen LogP contribution in [-0.4, -0.2) is 18.8 Å². The predicted molar refractivity (Wildman–Crippen MR) is 59.7 cm³/mol. The third kappa shape index (κ3) is 3.54. The Labute approximate surface area is 85.4 Å². The zero-order valence-electron chi connectivity index (χ0n) is 8.66. The van der Waals surface area contributed by atoms with Crippen molar-refractivity contribution in [1.82, 2.24) is 4.98 Å². The van der Waals surface area contributed by atoms with Crippen LogP contribution in [0.25, 0.3) is 0 Å². The number of hydrogen-bond donors (Lipinski definition) is 0. The van der Waals surface area contributed by atoms with E-state index in [9.17, 15) is 4.79 Å². The molecule has 2 nitrogen and oxygen atoms in total. The number of carbonyl (C=O) groups is 1. The van der Waals surface area contributed by atoms with Crippen LogP contribution in [0.1, 0.15) is 10.4 Å². The highest BCUT2D eigenvalue weighted by atomic mass is 28.3. The minimum Gasteiger partial charge on any atom is -0.279 e.